The number of carbonyl (C=O) groups is 1. The molecule has 0 saturated heterocycles. The molecule has 0 spiro atoms. The SMILES string of the molecule is Cc1cncc(C)c1-c1ccc(OC(=O)CC(F)(F)F)cc1. The monoisotopic (exact) mass is 309 g/mol. The van der Waals surface area contributed by atoms with E-state index in [9.17, 15) is 18.0 Å². The van der Waals surface area contributed by atoms with Crippen LogP contribution in [-0.4, -0.2) is 17.1 Å². The topological polar surface area (TPSA) is 39.2 Å². The van der Waals surface area contributed by atoms with Crippen LogP contribution in [0.25, 0.3) is 11.1 Å². The number of esters is 1. The first-order valence-electron chi connectivity index (χ1n) is 6.55. The van der Waals surface area contributed by atoms with Crippen molar-refractivity contribution in [3.05, 3.63) is 47.8 Å². The zero-order valence-corrected chi connectivity index (χ0v) is 12.1. The molecule has 0 saturated carbocycles. The van der Waals surface area contributed by atoms with Crippen molar-refractivity contribution in [2.75, 3.05) is 0 Å². The molecule has 2 rings (SSSR count). The quantitative estimate of drug-likeness (QED) is 0.629. The third-order valence-electron chi connectivity index (χ3n) is 3.04. The molecule has 1 aromatic carbocycles. The summed E-state index contributed by atoms with van der Waals surface area (Å²) in [4.78, 5) is 15.2. The molecule has 0 amide bonds. The minimum absolute atomic E-state index is 0.0855. The van der Waals surface area contributed by atoms with Crippen LogP contribution >= 0.6 is 0 Å². The summed E-state index contributed by atoms with van der Waals surface area (Å²) in [5, 5.41) is 0. The van der Waals surface area contributed by atoms with Crippen molar-refractivity contribution in [1.82, 2.24) is 4.98 Å². The van der Waals surface area contributed by atoms with Gasteiger partial charge in [0.25, 0.3) is 0 Å². The molecule has 1 heterocycles. The number of aromatic nitrogens is 1. The van der Waals surface area contributed by atoms with Crippen LogP contribution in [0.2, 0.25) is 0 Å². The number of hydrogen-bond donors (Lipinski definition) is 0. The standard InChI is InChI=1S/C16H14F3NO2/c1-10-8-20-9-11(2)15(10)12-3-5-13(6-4-12)22-14(21)7-16(17,18)19/h3-6,8-9H,7H2,1-2H3. The number of aryl methyl sites for hydroxylation is 2. The third-order valence-corrected chi connectivity index (χ3v) is 3.04. The van der Waals surface area contributed by atoms with Gasteiger partial charge in [-0.15, -0.1) is 0 Å². The first-order valence-corrected chi connectivity index (χ1v) is 6.55. The smallest absolute Gasteiger partial charge is 0.399 e. The van der Waals surface area contributed by atoms with Crippen LogP contribution in [0.4, 0.5) is 13.2 Å². The van der Waals surface area contributed by atoms with E-state index in [4.69, 9.17) is 0 Å². The minimum Gasteiger partial charge on any atom is -0.426 e. The van der Waals surface area contributed by atoms with Crippen molar-refractivity contribution < 1.29 is 22.7 Å². The molecule has 3 nitrogen and oxygen atoms in total. The fourth-order valence-corrected chi connectivity index (χ4v) is 2.18. The summed E-state index contributed by atoms with van der Waals surface area (Å²) in [6.45, 7) is 3.85. The van der Waals surface area contributed by atoms with Gasteiger partial charge in [-0.05, 0) is 48.2 Å². The number of hydrogen-bond acceptors (Lipinski definition) is 3. The van der Waals surface area contributed by atoms with Gasteiger partial charge in [0.1, 0.15) is 12.2 Å². The Morgan fingerprint density at radius 2 is 1.64 bits per heavy atom. The highest BCUT2D eigenvalue weighted by Crippen LogP contribution is 2.28. The summed E-state index contributed by atoms with van der Waals surface area (Å²) in [6.07, 6.45) is -2.70. The molecule has 0 aliphatic heterocycles. The molecule has 0 bridgehead atoms. The van der Waals surface area contributed by atoms with Crippen LogP contribution in [0.15, 0.2) is 36.7 Å². The van der Waals surface area contributed by atoms with Gasteiger partial charge in [0.2, 0.25) is 0 Å². The summed E-state index contributed by atoms with van der Waals surface area (Å²) in [5.41, 5.74) is 3.86. The summed E-state index contributed by atoms with van der Waals surface area (Å²) >= 11 is 0. The second kappa shape index (κ2) is 6.17. The molecule has 0 aliphatic rings. The predicted molar refractivity (Wildman–Crippen MR) is 75.5 cm³/mol. The Labute approximate surface area is 125 Å². The van der Waals surface area contributed by atoms with E-state index in [0.29, 0.717) is 0 Å². The molecular weight excluding hydrogens is 295 g/mol. The van der Waals surface area contributed by atoms with Gasteiger partial charge in [-0.2, -0.15) is 13.2 Å². The van der Waals surface area contributed by atoms with Crippen LogP contribution < -0.4 is 4.74 Å². The van der Waals surface area contributed by atoms with E-state index in [2.05, 4.69) is 9.72 Å². The molecule has 1 aromatic heterocycles. The predicted octanol–water partition coefficient (Wildman–Crippen LogP) is 4.22. The summed E-state index contributed by atoms with van der Waals surface area (Å²) < 4.78 is 40.9. The number of pyridine rings is 1. The number of rotatable bonds is 3. The van der Waals surface area contributed by atoms with Gasteiger partial charge in [-0.1, -0.05) is 12.1 Å². The molecule has 0 aliphatic carbocycles. The number of alkyl halides is 3. The van der Waals surface area contributed by atoms with Gasteiger partial charge in [-0.25, -0.2) is 0 Å². The number of benzene rings is 1. The highest BCUT2D eigenvalue weighted by atomic mass is 19.4. The lowest BCUT2D eigenvalue weighted by Crippen LogP contribution is -2.19. The summed E-state index contributed by atoms with van der Waals surface area (Å²) in [7, 11) is 0. The molecule has 22 heavy (non-hydrogen) atoms. The van der Waals surface area contributed by atoms with E-state index < -0.39 is 18.6 Å². The third kappa shape index (κ3) is 4.07. The van der Waals surface area contributed by atoms with Crippen molar-refractivity contribution >= 4 is 5.97 Å². The van der Waals surface area contributed by atoms with Gasteiger partial charge in [0.15, 0.2) is 0 Å². The Bertz CT molecular complexity index is 659. The van der Waals surface area contributed by atoms with Crippen LogP contribution in [0, 0.1) is 13.8 Å². The average Bonchev–Trinajstić information content (AvgIpc) is 2.38. The Morgan fingerprint density at radius 3 is 2.14 bits per heavy atom. The van der Waals surface area contributed by atoms with Gasteiger partial charge in [0.05, 0.1) is 0 Å². The maximum atomic E-state index is 12.1. The second-order valence-electron chi connectivity index (χ2n) is 4.94. The van der Waals surface area contributed by atoms with Gasteiger partial charge in [-0.3, -0.25) is 9.78 Å². The molecular formula is C16H14F3NO2. The fraction of sp³-hybridized carbons (Fsp3) is 0.250. The maximum Gasteiger partial charge on any atom is 0.399 e. The molecule has 0 N–H and O–H groups in total. The van der Waals surface area contributed by atoms with Crippen LogP contribution in [0.5, 0.6) is 5.75 Å². The Hall–Kier alpha value is -2.37. The number of ether oxygens (including phenoxy) is 1. The maximum absolute atomic E-state index is 12.1. The van der Waals surface area contributed by atoms with Gasteiger partial charge < -0.3 is 4.74 Å². The van der Waals surface area contributed by atoms with Crippen LogP contribution in [-0.2, 0) is 4.79 Å². The van der Waals surface area contributed by atoms with Crippen molar-refractivity contribution in [3.63, 3.8) is 0 Å². The van der Waals surface area contributed by atoms with E-state index in [1.54, 1.807) is 24.5 Å². The van der Waals surface area contributed by atoms with Crippen LogP contribution in [0.3, 0.4) is 0 Å². The average molecular weight is 309 g/mol. The van der Waals surface area contributed by atoms with Crippen molar-refractivity contribution in [2.24, 2.45) is 0 Å². The van der Waals surface area contributed by atoms with E-state index in [1.807, 2.05) is 13.8 Å². The normalized spacial score (nSPS) is 11.3. The fourth-order valence-electron chi connectivity index (χ4n) is 2.18. The highest BCUT2D eigenvalue weighted by Gasteiger charge is 2.32. The lowest BCUT2D eigenvalue weighted by Gasteiger charge is -2.10. The van der Waals surface area contributed by atoms with Gasteiger partial charge in [0, 0.05) is 12.4 Å². The molecule has 0 radical (unpaired) electrons. The molecule has 0 unspecified atom stereocenters. The number of carbonyl (C=O) groups excluding carboxylic acids is 1. The summed E-state index contributed by atoms with van der Waals surface area (Å²) in [5.74, 6) is -1.24. The Kier molecular flexibility index (Phi) is 4.49. The first kappa shape index (κ1) is 16.0. The summed E-state index contributed by atoms with van der Waals surface area (Å²) in [6, 6.07) is 6.35. The number of halogens is 3. The zero-order chi connectivity index (χ0) is 16.3. The zero-order valence-electron chi connectivity index (χ0n) is 12.1. The molecule has 2 aromatic rings. The van der Waals surface area contributed by atoms with Crippen LogP contribution in [0.1, 0.15) is 17.5 Å². The van der Waals surface area contributed by atoms with Crippen molar-refractivity contribution in [3.8, 4) is 16.9 Å². The van der Waals surface area contributed by atoms with E-state index in [0.717, 1.165) is 22.3 Å². The highest BCUT2D eigenvalue weighted by molar-refractivity contribution is 5.74. The second-order valence-corrected chi connectivity index (χ2v) is 4.94. The lowest BCUT2D eigenvalue weighted by molar-refractivity contribution is -0.163. The Morgan fingerprint density at radius 1 is 1.09 bits per heavy atom. The van der Waals surface area contributed by atoms with E-state index in [1.165, 1.54) is 12.1 Å². The van der Waals surface area contributed by atoms with Crippen molar-refractivity contribution in [2.45, 2.75) is 26.4 Å². The van der Waals surface area contributed by atoms with Crippen molar-refractivity contribution in [1.29, 1.82) is 0 Å². The number of nitrogens with zero attached hydrogens (tertiary/aromatic N) is 1. The molecule has 0 atom stereocenters. The minimum atomic E-state index is -4.57. The van der Waals surface area contributed by atoms with E-state index in [-0.39, 0.29) is 5.75 Å². The lowest BCUT2D eigenvalue weighted by atomic mass is 9.98. The largest absolute Gasteiger partial charge is 0.426 e. The van der Waals surface area contributed by atoms with Gasteiger partial charge >= 0.3 is 12.1 Å². The molecule has 6 heteroatoms. The molecule has 116 valence electrons. The van der Waals surface area contributed by atoms with E-state index >= 15 is 0 Å². The first-order chi connectivity index (χ1) is 10.3. The Balaban J connectivity index is 2.16. The molecule has 0 fully saturated rings.